The van der Waals surface area contributed by atoms with Gasteiger partial charge in [-0.2, -0.15) is 5.10 Å². The number of hydrogen-bond acceptors (Lipinski definition) is 4. The first-order valence-corrected chi connectivity index (χ1v) is 8.01. The fourth-order valence-electron chi connectivity index (χ4n) is 3.10. The Hall–Kier alpha value is -3.02. The predicted molar refractivity (Wildman–Crippen MR) is 102 cm³/mol. The van der Waals surface area contributed by atoms with Crippen LogP contribution in [0.25, 0.3) is 23.1 Å². The van der Waals surface area contributed by atoms with Crippen molar-refractivity contribution in [2.75, 3.05) is 12.8 Å². The highest BCUT2D eigenvalue weighted by atomic mass is 16.5. The SMILES string of the molecule is COc1cc2c(C)c(/C=C/c3c(C)n[nH]c3C)c(=O)n(C)c2cc1N. The number of rotatable bonds is 3. The van der Waals surface area contributed by atoms with Crippen LogP contribution in [0.15, 0.2) is 16.9 Å². The van der Waals surface area contributed by atoms with E-state index in [-0.39, 0.29) is 5.56 Å². The first kappa shape index (κ1) is 16.8. The summed E-state index contributed by atoms with van der Waals surface area (Å²) in [6.45, 7) is 5.83. The third kappa shape index (κ3) is 2.69. The van der Waals surface area contributed by atoms with Gasteiger partial charge >= 0.3 is 0 Å². The molecule has 0 saturated carbocycles. The average molecular weight is 338 g/mol. The highest BCUT2D eigenvalue weighted by Crippen LogP contribution is 2.30. The van der Waals surface area contributed by atoms with Gasteiger partial charge in [0.2, 0.25) is 0 Å². The number of nitrogen functional groups attached to an aromatic ring is 1. The second-order valence-corrected chi connectivity index (χ2v) is 6.20. The van der Waals surface area contributed by atoms with Gasteiger partial charge in [-0.25, -0.2) is 0 Å². The lowest BCUT2D eigenvalue weighted by molar-refractivity contribution is 0.417. The molecule has 0 aliphatic heterocycles. The quantitative estimate of drug-likeness (QED) is 0.719. The van der Waals surface area contributed by atoms with Crippen molar-refractivity contribution in [3.8, 4) is 5.75 Å². The van der Waals surface area contributed by atoms with Gasteiger partial charge in [0.15, 0.2) is 0 Å². The van der Waals surface area contributed by atoms with E-state index in [0.29, 0.717) is 17.0 Å². The van der Waals surface area contributed by atoms with Crippen molar-refractivity contribution in [3.05, 3.63) is 50.6 Å². The van der Waals surface area contributed by atoms with Crippen LogP contribution in [0.1, 0.15) is 28.1 Å². The number of aromatic amines is 1. The van der Waals surface area contributed by atoms with Gasteiger partial charge in [-0.05, 0) is 44.5 Å². The number of methoxy groups -OCH3 is 1. The summed E-state index contributed by atoms with van der Waals surface area (Å²) in [6, 6.07) is 3.66. The maximum atomic E-state index is 12.8. The lowest BCUT2D eigenvalue weighted by atomic mass is 10.0. The number of nitrogens with two attached hydrogens (primary N) is 1. The largest absolute Gasteiger partial charge is 0.495 e. The van der Waals surface area contributed by atoms with Crippen molar-refractivity contribution in [1.29, 1.82) is 0 Å². The fraction of sp³-hybridized carbons (Fsp3) is 0.263. The number of H-pyrrole nitrogens is 1. The van der Waals surface area contributed by atoms with Crippen LogP contribution in [0, 0.1) is 20.8 Å². The van der Waals surface area contributed by atoms with E-state index in [4.69, 9.17) is 10.5 Å². The Morgan fingerprint density at radius 2 is 1.88 bits per heavy atom. The smallest absolute Gasteiger partial charge is 0.258 e. The highest BCUT2D eigenvalue weighted by molar-refractivity contribution is 5.91. The molecule has 2 heterocycles. The highest BCUT2D eigenvalue weighted by Gasteiger charge is 2.13. The number of aryl methyl sites for hydroxylation is 4. The van der Waals surface area contributed by atoms with Crippen molar-refractivity contribution < 1.29 is 4.74 Å². The maximum Gasteiger partial charge on any atom is 0.258 e. The van der Waals surface area contributed by atoms with Crippen LogP contribution in [-0.2, 0) is 7.05 Å². The van der Waals surface area contributed by atoms with Gasteiger partial charge in [0.25, 0.3) is 5.56 Å². The molecule has 3 rings (SSSR count). The normalized spacial score (nSPS) is 11.6. The van der Waals surface area contributed by atoms with Gasteiger partial charge in [-0.15, -0.1) is 0 Å². The lowest BCUT2D eigenvalue weighted by Gasteiger charge is -2.14. The van der Waals surface area contributed by atoms with Crippen LogP contribution in [0.5, 0.6) is 5.75 Å². The Morgan fingerprint density at radius 1 is 1.20 bits per heavy atom. The van der Waals surface area contributed by atoms with E-state index in [1.807, 2.05) is 39.0 Å². The minimum absolute atomic E-state index is 0.0652. The maximum absolute atomic E-state index is 12.8. The van der Waals surface area contributed by atoms with Crippen molar-refractivity contribution in [1.82, 2.24) is 14.8 Å². The Kier molecular flexibility index (Phi) is 4.12. The molecule has 25 heavy (non-hydrogen) atoms. The summed E-state index contributed by atoms with van der Waals surface area (Å²) in [7, 11) is 3.34. The van der Waals surface area contributed by atoms with E-state index in [1.54, 1.807) is 24.8 Å². The molecule has 0 bridgehead atoms. The molecule has 6 nitrogen and oxygen atoms in total. The standard InChI is InChI=1S/C19H22N4O2/c1-10-13(6-7-14-11(2)21-22-12(14)3)19(24)23(4)17-9-16(20)18(25-5)8-15(10)17/h6-9H,20H2,1-5H3,(H,21,22)/b7-6+. The summed E-state index contributed by atoms with van der Waals surface area (Å²) in [5.41, 5.74) is 11.6. The van der Waals surface area contributed by atoms with Gasteiger partial charge < -0.3 is 15.0 Å². The van der Waals surface area contributed by atoms with E-state index in [1.165, 1.54) is 0 Å². The Bertz CT molecular complexity index is 1040. The van der Waals surface area contributed by atoms with Gasteiger partial charge in [0, 0.05) is 29.3 Å². The van der Waals surface area contributed by atoms with Gasteiger partial charge in [-0.1, -0.05) is 6.08 Å². The molecule has 2 aromatic heterocycles. The Morgan fingerprint density at radius 3 is 2.48 bits per heavy atom. The summed E-state index contributed by atoms with van der Waals surface area (Å²) in [4.78, 5) is 12.8. The zero-order valence-electron chi connectivity index (χ0n) is 15.1. The van der Waals surface area contributed by atoms with Gasteiger partial charge in [-0.3, -0.25) is 9.89 Å². The van der Waals surface area contributed by atoms with Crippen molar-refractivity contribution in [3.63, 3.8) is 0 Å². The molecular formula is C19H22N4O2. The minimum Gasteiger partial charge on any atom is -0.495 e. The zero-order valence-corrected chi connectivity index (χ0v) is 15.1. The molecule has 130 valence electrons. The molecule has 3 N–H and O–H groups in total. The number of fused-ring (bicyclic) bond motifs is 1. The van der Waals surface area contributed by atoms with Crippen LogP contribution in [-0.4, -0.2) is 21.9 Å². The van der Waals surface area contributed by atoms with Crippen LogP contribution in [0.4, 0.5) is 5.69 Å². The molecule has 0 atom stereocenters. The number of nitrogens with one attached hydrogen (secondary N) is 1. The zero-order chi connectivity index (χ0) is 18.3. The Balaban J connectivity index is 2.26. The lowest BCUT2D eigenvalue weighted by Crippen LogP contribution is -2.21. The molecule has 0 amide bonds. The van der Waals surface area contributed by atoms with Crippen LogP contribution in [0.2, 0.25) is 0 Å². The summed E-state index contributed by atoms with van der Waals surface area (Å²) < 4.78 is 6.94. The van der Waals surface area contributed by atoms with Gasteiger partial charge in [0.1, 0.15) is 5.75 Å². The average Bonchev–Trinajstić information content (AvgIpc) is 2.91. The van der Waals surface area contributed by atoms with Crippen molar-refractivity contribution >= 4 is 28.7 Å². The number of ether oxygens (including phenoxy) is 1. The topological polar surface area (TPSA) is 85.9 Å². The van der Waals surface area contributed by atoms with Gasteiger partial charge in [0.05, 0.1) is 24.0 Å². The second kappa shape index (κ2) is 6.12. The number of anilines is 1. The summed E-state index contributed by atoms with van der Waals surface area (Å²) in [5.74, 6) is 0.603. The molecule has 0 radical (unpaired) electrons. The number of hydrogen-bond donors (Lipinski definition) is 2. The van der Waals surface area contributed by atoms with E-state index >= 15 is 0 Å². The van der Waals surface area contributed by atoms with E-state index in [0.717, 1.165) is 33.4 Å². The third-order valence-corrected chi connectivity index (χ3v) is 4.65. The van der Waals surface area contributed by atoms with E-state index in [9.17, 15) is 4.79 Å². The van der Waals surface area contributed by atoms with Crippen molar-refractivity contribution in [2.45, 2.75) is 20.8 Å². The summed E-state index contributed by atoms with van der Waals surface area (Å²) in [6.07, 6.45) is 3.78. The second-order valence-electron chi connectivity index (χ2n) is 6.20. The molecule has 0 unspecified atom stereocenters. The van der Waals surface area contributed by atoms with E-state index < -0.39 is 0 Å². The van der Waals surface area contributed by atoms with E-state index in [2.05, 4.69) is 10.2 Å². The Labute approximate surface area is 145 Å². The number of aromatic nitrogens is 3. The molecular weight excluding hydrogens is 316 g/mol. The first-order valence-electron chi connectivity index (χ1n) is 8.01. The van der Waals surface area contributed by atoms with Crippen molar-refractivity contribution in [2.24, 2.45) is 7.05 Å². The molecule has 0 saturated heterocycles. The molecule has 1 aromatic carbocycles. The number of pyridine rings is 1. The molecule has 6 heteroatoms. The first-order chi connectivity index (χ1) is 11.8. The number of benzene rings is 1. The van der Waals surface area contributed by atoms with Crippen LogP contribution < -0.4 is 16.0 Å². The fourth-order valence-corrected chi connectivity index (χ4v) is 3.10. The monoisotopic (exact) mass is 338 g/mol. The molecule has 0 aliphatic carbocycles. The van der Waals surface area contributed by atoms with Crippen LogP contribution >= 0.6 is 0 Å². The molecule has 0 aliphatic rings. The minimum atomic E-state index is -0.0652. The van der Waals surface area contributed by atoms with Crippen LogP contribution in [0.3, 0.4) is 0 Å². The number of nitrogens with zero attached hydrogens (tertiary/aromatic N) is 2. The predicted octanol–water partition coefficient (Wildman–Crippen LogP) is 2.95. The molecule has 3 aromatic rings. The summed E-state index contributed by atoms with van der Waals surface area (Å²) >= 11 is 0. The summed E-state index contributed by atoms with van der Waals surface area (Å²) in [5, 5.41) is 8.07. The molecule has 0 spiro atoms. The molecule has 0 fully saturated rings. The third-order valence-electron chi connectivity index (χ3n) is 4.65.